The van der Waals surface area contributed by atoms with Gasteiger partial charge in [0.1, 0.15) is 11.6 Å². The summed E-state index contributed by atoms with van der Waals surface area (Å²) in [5.74, 6) is 0.183. The van der Waals surface area contributed by atoms with E-state index < -0.39 is 15.9 Å². The summed E-state index contributed by atoms with van der Waals surface area (Å²) in [5, 5.41) is -0.315. The molecule has 0 aliphatic carbocycles. The van der Waals surface area contributed by atoms with Gasteiger partial charge in [-0.2, -0.15) is 8.42 Å². The molecule has 1 saturated heterocycles. The monoisotopic (exact) mass is 495 g/mol. The van der Waals surface area contributed by atoms with Crippen LogP contribution in [0.5, 0.6) is 0 Å². The number of benzene rings is 1. The van der Waals surface area contributed by atoms with Crippen molar-refractivity contribution in [1.29, 1.82) is 0 Å². The second-order valence-corrected chi connectivity index (χ2v) is 11.0. The number of aromatic nitrogens is 2. The number of carbonyl (C=O) groups excluding carboxylic acids is 1. The fourth-order valence-electron chi connectivity index (χ4n) is 4.44. The van der Waals surface area contributed by atoms with Crippen molar-refractivity contribution < 1.29 is 14.6 Å². The van der Waals surface area contributed by atoms with Crippen LogP contribution in [0.15, 0.2) is 59.6 Å². The number of nitrogens with one attached hydrogen (secondary N) is 1. The molecule has 0 radical (unpaired) electrons. The first-order valence-electron chi connectivity index (χ1n) is 11.8. The summed E-state index contributed by atoms with van der Waals surface area (Å²) in [7, 11) is -4.21. The van der Waals surface area contributed by atoms with Crippen LogP contribution in [0.3, 0.4) is 0 Å². The molecule has 3 aromatic rings. The molecule has 0 unspecified atom stereocenters. The van der Waals surface area contributed by atoms with Crippen LogP contribution in [0.1, 0.15) is 63.8 Å². The van der Waals surface area contributed by atoms with E-state index in [0.717, 1.165) is 24.1 Å². The average molecular weight is 496 g/mol. The van der Waals surface area contributed by atoms with Gasteiger partial charge in [0.2, 0.25) is 0 Å². The minimum absolute atomic E-state index is 0. The Morgan fingerprint density at radius 3 is 2.29 bits per heavy atom. The minimum atomic E-state index is -4.21. The van der Waals surface area contributed by atoms with Gasteiger partial charge < -0.3 is 10.6 Å². The Labute approximate surface area is 208 Å². The largest absolute Gasteiger partial charge is 0.384 e. The third-order valence-corrected chi connectivity index (χ3v) is 7.67. The van der Waals surface area contributed by atoms with Crippen molar-refractivity contribution in [2.45, 2.75) is 63.6 Å². The van der Waals surface area contributed by atoms with Crippen molar-refractivity contribution in [3.63, 3.8) is 0 Å². The van der Waals surface area contributed by atoms with Gasteiger partial charge in [0, 0.05) is 19.1 Å². The number of nitrogens with two attached hydrogens (primary N) is 1. The molecule has 0 saturated carbocycles. The van der Waals surface area contributed by atoms with E-state index in [1.54, 1.807) is 12.1 Å². The van der Waals surface area contributed by atoms with E-state index in [1.807, 2.05) is 12.1 Å². The van der Waals surface area contributed by atoms with E-state index in [9.17, 15) is 13.2 Å². The van der Waals surface area contributed by atoms with E-state index in [1.165, 1.54) is 23.8 Å². The number of hydrogen-bond acceptors (Lipinski definition) is 7. The zero-order valence-electron chi connectivity index (χ0n) is 20.4. The van der Waals surface area contributed by atoms with Gasteiger partial charge in [-0.1, -0.05) is 44.2 Å². The van der Waals surface area contributed by atoms with E-state index in [2.05, 4.69) is 54.4 Å². The Morgan fingerprint density at radius 2 is 1.69 bits per heavy atom. The zero-order valence-corrected chi connectivity index (χ0v) is 21.2. The molecule has 1 aliphatic rings. The molecular weight excluding hydrogens is 462 g/mol. The lowest BCUT2D eigenvalue weighted by Crippen LogP contribution is -2.37. The maximum absolute atomic E-state index is 13.3. The summed E-state index contributed by atoms with van der Waals surface area (Å²) in [5.41, 5.74) is 8.70. The smallest absolute Gasteiger partial charge is 0.281 e. The molecule has 0 bridgehead atoms. The van der Waals surface area contributed by atoms with Gasteiger partial charge in [-0.25, -0.2) is 14.7 Å². The quantitative estimate of drug-likeness (QED) is 0.513. The van der Waals surface area contributed by atoms with Gasteiger partial charge in [0.25, 0.3) is 15.9 Å². The Kier molecular flexibility index (Phi) is 6.80. The first-order valence-corrected chi connectivity index (χ1v) is 13.2. The van der Waals surface area contributed by atoms with Gasteiger partial charge in [-0.3, -0.25) is 4.79 Å². The second-order valence-electron chi connectivity index (χ2n) is 9.36. The highest BCUT2D eigenvalue weighted by Gasteiger charge is 2.33. The zero-order chi connectivity index (χ0) is 25.3. The Morgan fingerprint density at radius 1 is 1.03 bits per heavy atom. The van der Waals surface area contributed by atoms with Gasteiger partial charge in [-0.15, -0.1) is 0 Å². The number of amides is 1. The molecule has 3 heterocycles. The predicted octanol–water partition coefficient (Wildman–Crippen LogP) is 4.59. The molecule has 4 rings (SSSR count). The Hall–Kier alpha value is -3.46. The standard InChI is InChI=1S/C26H31N5O3S.H2/c1-16(2)19-10-12-20(13-11-19)22-15-14-21(25(28-22)31-17(3)8-9-18(31)4)26(32)30-35(33,34)24-7-5-6-23(27)29-24;/h5-7,10-18H,8-9H2,1-4H3,(H2,27,29)(H,30,32);1H/t17-,18+;. The summed E-state index contributed by atoms with van der Waals surface area (Å²) < 4.78 is 27.8. The van der Waals surface area contributed by atoms with Crippen LogP contribution in [-0.2, 0) is 10.0 Å². The first-order chi connectivity index (χ1) is 16.6. The van der Waals surface area contributed by atoms with E-state index >= 15 is 0 Å². The van der Waals surface area contributed by atoms with Gasteiger partial charge in [-0.05, 0) is 62.4 Å². The van der Waals surface area contributed by atoms with Crippen molar-refractivity contribution in [3.05, 3.63) is 65.7 Å². The molecule has 0 spiro atoms. The van der Waals surface area contributed by atoms with E-state index in [4.69, 9.17) is 10.7 Å². The van der Waals surface area contributed by atoms with Crippen molar-refractivity contribution >= 4 is 27.6 Å². The average Bonchev–Trinajstić information content (AvgIpc) is 3.16. The van der Waals surface area contributed by atoms with E-state index in [0.29, 0.717) is 11.7 Å². The number of nitrogens with zero attached hydrogens (tertiary/aromatic N) is 3. The fourth-order valence-corrected chi connectivity index (χ4v) is 5.39. The summed E-state index contributed by atoms with van der Waals surface area (Å²) >= 11 is 0. The third-order valence-electron chi connectivity index (χ3n) is 6.44. The molecule has 8 nitrogen and oxygen atoms in total. The van der Waals surface area contributed by atoms with Crippen molar-refractivity contribution in [1.82, 2.24) is 14.7 Å². The number of pyridine rings is 2. The molecule has 1 aromatic carbocycles. The van der Waals surface area contributed by atoms with Crippen molar-refractivity contribution in [2.24, 2.45) is 0 Å². The highest BCUT2D eigenvalue weighted by atomic mass is 32.2. The van der Waals surface area contributed by atoms with Crippen molar-refractivity contribution in [3.8, 4) is 11.3 Å². The lowest BCUT2D eigenvalue weighted by Gasteiger charge is -2.29. The van der Waals surface area contributed by atoms with Crippen molar-refractivity contribution in [2.75, 3.05) is 10.6 Å². The SMILES string of the molecule is CC(C)c1ccc(-c2ccc(C(=O)NS(=O)(=O)c3cccc(N)n3)c(N3[C@H](C)CC[C@@H]3C)n2)cc1.[HH]. The summed E-state index contributed by atoms with van der Waals surface area (Å²) in [6, 6.07) is 16.2. The molecule has 1 fully saturated rings. The molecule has 1 amide bonds. The summed E-state index contributed by atoms with van der Waals surface area (Å²) in [4.78, 5) is 24.1. The molecular formula is C26H33N5O3S. The second kappa shape index (κ2) is 9.65. The summed E-state index contributed by atoms with van der Waals surface area (Å²) in [6.07, 6.45) is 1.92. The maximum Gasteiger partial charge on any atom is 0.281 e. The number of nitrogen functional groups attached to an aromatic ring is 1. The molecule has 9 heteroatoms. The molecule has 1 aliphatic heterocycles. The molecule has 186 valence electrons. The van der Waals surface area contributed by atoms with Gasteiger partial charge >= 0.3 is 0 Å². The number of sulfonamides is 1. The van der Waals surface area contributed by atoms with Crippen LogP contribution in [0.2, 0.25) is 0 Å². The minimum Gasteiger partial charge on any atom is -0.384 e. The van der Waals surface area contributed by atoms with E-state index in [-0.39, 0.29) is 29.9 Å². The van der Waals surface area contributed by atoms with Crippen LogP contribution in [-0.4, -0.2) is 36.4 Å². The van der Waals surface area contributed by atoms with Crippen LogP contribution in [0.4, 0.5) is 11.6 Å². The van der Waals surface area contributed by atoms with Gasteiger partial charge in [0.15, 0.2) is 5.03 Å². The normalized spacial score (nSPS) is 18.1. The Balaban J connectivity index is 0.00000361. The van der Waals surface area contributed by atoms with Crippen LogP contribution >= 0.6 is 0 Å². The topological polar surface area (TPSA) is 118 Å². The Bertz CT molecular complexity index is 1340. The highest BCUT2D eigenvalue weighted by molar-refractivity contribution is 7.90. The lowest BCUT2D eigenvalue weighted by atomic mass is 10.0. The first kappa shape index (κ1) is 24.7. The predicted molar refractivity (Wildman–Crippen MR) is 140 cm³/mol. The van der Waals surface area contributed by atoms with Crippen LogP contribution < -0.4 is 15.4 Å². The fraction of sp³-hybridized carbons (Fsp3) is 0.346. The molecule has 3 N–H and O–H groups in total. The highest BCUT2D eigenvalue weighted by Crippen LogP contribution is 2.33. The molecule has 35 heavy (non-hydrogen) atoms. The molecule has 2 atom stereocenters. The molecule has 2 aromatic heterocycles. The number of carbonyl (C=O) groups is 1. The van der Waals surface area contributed by atoms with Gasteiger partial charge in [0.05, 0.1) is 11.3 Å². The lowest BCUT2D eigenvalue weighted by molar-refractivity contribution is 0.0981. The number of hydrogen-bond donors (Lipinski definition) is 2. The van der Waals surface area contributed by atoms with Crippen LogP contribution in [0, 0.1) is 0 Å². The number of rotatable bonds is 6. The maximum atomic E-state index is 13.3. The summed E-state index contributed by atoms with van der Waals surface area (Å²) in [6.45, 7) is 8.46. The third kappa shape index (κ3) is 5.14. The van der Waals surface area contributed by atoms with Crippen LogP contribution in [0.25, 0.3) is 11.3 Å². The number of anilines is 2.